The number of hydrogen-bond donors (Lipinski definition) is 2. The summed E-state index contributed by atoms with van der Waals surface area (Å²) in [6.07, 6.45) is 2.56. The fraction of sp³-hybridized carbons (Fsp3) is 0.333. The molecule has 0 aliphatic heterocycles. The number of anilines is 1. The second kappa shape index (κ2) is 8.93. The van der Waals surface area contributed by atoms with Crippen LogP contribution in [0.5, 0.6) is 0 Å². The number of hydrogen-bond acceptors (Lipinski definition) is 4. The Hall–Kier alpha value is -2.14. The van der Waals surface area contributed by atoms with Gasteiger partial charge in [0.2, 0.25) is 0 Å². The van der Waals surface area contributed by atoms with E-state index in [9.17, 15) is 5.11 Å². The second-order valence-electron chi connectivity index (χ2n) is 7.57. The molecule has 2 atom stereocenters. The Balaban J connectivity index is 1.76. The molecule has 0 fully saturated rings. The van der Waals surface area contributed by atoms with Crippen LogP contribution >= 0.6 is 23.2 Å². The van der Waals surface area contributed by atoms with Gasteiger partial charge < -0.3 is 10.4 Å². The van der Waals surface area contributed by atoms with E-state index in [1.807, 2.05) is 24.3 Å². The van der Waals surface area contributed by atoms with Crippen LogP contribution in [-0.4, -0.2) is 21.2 Å². The zero-order valence-corrected chi connectivity index (χ0v) is 18.6. The quantitative estimate of drug-likeness (QED) is 0.506. The molecule has 4 rings (SSSR count). The van der Waals surface area contributed by atoms with Crippen LogP contribution in [0.25, 0.3) is 11.3 Å². The number of aliphatic hydroxyl groups is 1. The van der Waals surface area contributed by atoms with Gasteiger partial charge in [0.1, 0.15) is 5.82 Å². The summed E-state index contributed by atoms with van der Waals surface area (Å²) < 4.78 is 0. The van der Waals surface area contributed by atoms with Gasteiger partial charge in [-0.15, -0.1) is 0 Å². The molecule has 3 aromatic rings. The number of rotatable bonds is 5. The van der Waals surface area contributed by atoms with Gasteiger partial charge in [0.15, 0.2) is 0 Å². The third kappa shape index (κ3) is 4.04. The summed E-state index contributed by atoms with van der Waals surface area (Å²) in [7, 11) is 0. The lowest BCUT2D eigenvalue weighted by molar-refractivity contribution is 0.135. The van der Waals surface area contributed by atoms with Crippen molar-refractivity contribution in [2.24, 2.45) is 0 Å². The SMILES string of the molecule is CCc1nc(-c2ccc(Cl)cc2Cl)c(CC)nc1N[C@H]1c2ccccc2CC[C@@H]1O. The maximum Gasteiger partial charge on any atom is 0.148 e. The third-order valence-corrected chi connectivity index (χ3v) is 6.22. The normalized spacial score (nSPS) is 18.2. The molecular weight excluding hydrogens is 417 g/mol. The largest absolute Gasteiger partial charge is 0.391 e. The molecule has 6 heteroatoms. The number of benzene rings is 2. The average Bonchev–Trinajstić information content (AvgIpc) is 2.75. The molecule has 0 amide bonds. The molecule has 1 aliphatic rings. The third-order valence-electron chi connectivity index (χ3n) is 5.67. The molecule has 0 saturated heterocycles. The number of nitrogens with one attached hydrogen (secondary N) is 1. The maximum atomic E-state index is 10.7. The maximum absolute atomic E-state index is 10.7. The molecule has 0 bridgehead atoms. The van der Waals surface area contributed by atoms with Gasteiger partial charge in [-0.25, -0.2) is 9.97 Å². The first-order valence-corrected chi connectivity index (χ1v) is 11.1. The minimum absolute atomic E-state index is 0.204. The lowest BCUT2D eigenvalue weighted by atomic mass is 9.85. The first-order valence-electron chi connectivity index (χ1n) is 10.4. The zero-order valence-electron chi connectivity index (χ0n) is 17.1. The van der Waals surface area contributed by atoms with Crippen LogP contribution in [0.3, 0.4) is 0 Å². The van der Waals surface area contributed by atoms with Crippen LogP contribution in [0.15, 0.2) is 42.5 Å². The second-order valence-corrected chi connectivity index (χ2v) is 8.42. The molecule has 2 N–H and O–H groups in total. The molecule has 1 aromatic heterocycles. The van der Waals surface area contributed by atoms with Crippen molar-refractivity contribution >= 4 is 29.0 Å². The number of aliphatic hydroxyl groups excluding tert-OH is 1. The topological polar surface area (TPSA) is 58.0 Å². The highest BCUT2D eigenvalue weighted by molar-refractivity contribution is 6.36. The van der Waals surface area contributed by atoms with Crippen LogP contribution in [0, 0.1) is 0 Å². The summed E-state index contributed by atoms with van der Waals surface area (Å²) in [5, 5.41) is 15.4. The van der Waals surface area contributed by atoms with Crippen LogP contribution < -0.4 is 5.32 Å². The van der Waals surface area contributed by atoms with Gasteiger partial charge in [-0.1, -0.05) is 61.3 Å². The Bertz CT molecular complexity index is 1070. The monoisotopic (exact) mass is 441 g/mol. The highest BCUT2D eigenvalue weighted by atomic mass is 35.5. The molecule has 1 heterocycles. The van der Waals surface area contributed by atoms with Crippen LogP contribution in [0.4, 0.5) is 5.82 Å². The predicted molar refractivity (Wildman–Crippen MR) is 123 cm³/mol. The Morgan fingerprint density at radius 3 is 2.53 bits per heavy atom. The van der Waals surface area contributed by atoms with Crippen molar-refractivity contribution in [1.29, 1.82) is 0 Å². The number of aryl methyl sites for hydroxylation is 3. The fourth-order valence-corrected chi connectivity index (χ4v) is 4.57. The fourth-order valence-electron chi connectivity index (χ4n) is 4.07. The molecule has 156 valence electrons. The average molecular weight is 442 g/mol. The molecule has 2 aromatic carbocycles. The van der Waals surface area contributed by atoms with E-state index < -0.39 is 6.10 Å². The van der Waals surface area contributed by atoms with Gasteiger partial charge in [0.05, 0.1) is 34.3 Å². The minimum atomic E-state index is -0.470. The minimum Gasteiger partial charge on any atom is -0.391 e. The predicted octanol–water partition coefficient (Wildman–Crippen LogP) is 6.04. The highest BCUT2D eigenvalue weighted by Crippen LogP contribution is 2.35. The Morgan fingerprint density at radius 2 is 1.80 bits per heavy atom. The summed E-state index contributed by atoms with van der Waals surface area (Å²) in [6, 6.07) is 13.5. The molecule has 0 spiro atoms. The van der Waals surface area contributed by atoms with Crippen molar-refractivity contribution in [3.05, 3.63) is 75.0 Å². The van der Waals surface area contributed by atoms with Crippen LogP contribution in [-0.2, 0) is 19.3 Å². The molecule has 0 unspecified atom stereocenters. The summed E-state index contributed by atoms with van der Waals surface area (Å²) >= 11 is 12.5. The summed E-state index contributed by atoms with van der Waals surface area (Å²) in [5.41, 5.74) is 5.72. The van der Waals surface area contributed by atoms with Crippen LogP contribution in [0.1, 0.15) is 48.8 Å². The molecule has 0 radical (unpaired) electrons. The molecule has 30 heavy (non-hydrogen) atoms. The van der Waals surface area contributed by atoms with Crippen molar-refractivity contribution in [3.8, 4) is 11.3 Å². The van der Waals surface area contributed by atoms with Crippen LogP contribution in [0.2, 0.25) is 10.0 Å². The number of aromatic nitrogens is 2. The van der Waals surface area contributed by atoms with Gasteiger partial charge in [0.25, 0.3) is 0 Å². The van der Waals surface area contributed by atoms with Crippen molar-refractivity contribution < 1.29 is 5.11 Å². The Kier molecular flexibility index (Phi) is 6.28. The van der Waals surface area contributed by atoms with E-state index in [0.29, 0.717) is 22.9 Å². The van der Waals surface area contributed by atoms with E-state index in [0.717, 1.165) is 46.9 Å². The van der Waals surface area contributed by atoms with E-state index in [4.69, 9.17) is 33.2 Å². The number of fused-ring (bicyclic) bond motifs is 1. The van der Waals surface area contributed by atoms with E-state index in [1.165, 1.54) is 5.56 Å². The standard InChI is InChI=1S/C24H25Cl2N3O/c1-3-19-22(17-11-10-15(25)13-18(17)26)27-20(4-2)24(28-19)29-23-16-8-6-5-7-14(16)9-12-21(23)30/h5-8,10-11,13,21,23,30H,3-4,9,12H2,1-2H3,(H,28,29)/t21-,23-/m0/s1. The van der Waals surface area contributed by atoms with Crippen molar-refractivity contribution in [3.63, 3.8) is 0 Å². The first-order chi connectivity index (χ1) is 14.5. The summed E-state index contributed by atoms with van der Waals surface area (Å²) in [4.78, 5) is 9.86. The Labute approximate surface area is 187 Å². The van der Waals surface area contributed by atoms with E-state index in [-0.39, 0.29) is 6.04 Å². The van der Waals surface area contributed by atoms with Crippen molar-refractivity contribution in [1.82, 2.24) is 9.97 Å². The van der Waals surface area contributed by atoms with Gasteiger partial charge in [-0.3, -0.25) is 0 Å². The smallest absolute Gasteiger partial charge is 0.148 e. The lowest BCUT2D eigenvalue weighted by Crippen LogP contribution is -2.31. The van der Waals surface area contributed by atoms with Gasteiger partial charge in [0, 0.05) is 10.6 Å². The molecular formula is C24H25Cl2N3O. The molecule has 1 aliphatic carbocycles. The van der Waals surface area contributed by atoms with E-state index >= 15 is 0 Å². The highest BCUT2D eigenvalue weighted by Gasteiger charge is 2.29. The van der Waals surface area contributed by atoms with Gasteiger partial charge in [-0.05, 0) is 55.0 Å². The van der Waals surface area contributed by atoms with E-state index in [2.05, 4.69) is 31.3 Å². The van der Waals surface area contributed by atoms with Gasteiger partial charge in [-0.2, -0.15) is 0 Å². The lowest BCUT2D eigenvalue weighted by Gasteiger charge is -2.32. The number of halogens is 2. The van der Waals surface area contributed by atoms with Gasteiger partial charge >= 0.3 is 0 Å². The molecule has 0 saturated carbocycles. The zero-order chi connectivity index (χ0) is 21.3. The van der Waals surface area contributed by atoms with Crippen molar-refractivity contribution in [2.75, 3.05) is 5.32 Å². The number of nitrogens with zero attached hydrogens (tertiary/aromatic N) is 2. The Morgan fingerprint density at radius 1 is 1.03 bits per heavy atom. The summed E-state index contributed by atoms with van der Waals surface area (Å²) in [5.74, 6) is 0.726. The van der Waals surface area contributed by atoms with E-state index in [1.54, 1.807) is 6.07 Å². The first kappa shape index (κ1) is 21.1. The summed E-state index contributed by atoms with van der Waals surface area (Å²) in [6.45, 7) is 4.11. The van der Waals surface area contributed by atoms with Crippen molar-refractivity contribution in [2.45, 2.75) is 51.7 Å². The molecule has 4 nitrogen and oxygen atoms in total.